The van der Waals surface area contributed by atoms with Crippen LogP contribution < -0.4 is 0 Å². The molecule has 1 aliphatic heterocycles. The average Bonchev–Trinajstić information content (AvgIpc) is 1.96. The number of halogens is 1. The van der Waals surface area contributed by atoms with Crippen LogP contribution in [0, 0.1) is 5.92 Å². The number of fused-ring (bicyclic) bond motifs is 1. The molecule has 1 amide bonds. The Morgan fingerprint density at radius 1 is 1.53 bits per heavy atom. The number of carbonyl (C=O) groups excluding carboxylic acids is 1. The molecule has 0 aromatic heterocycles. The predicted octanol–water partition coefficient (Wildman–Crippen LogP) is 0.461. The summed E-state index contributed by atoms with van der Waals surface area (Å²) in [6.45, 7) is 1.68. The summed E-state index contributed by atoms with van der Waals surface area (Å²) in [4.78, 5) is 12.8. The molecule has 6 heteroatoms. The molecular formula is C9H12FNO3S. The van der Waals surface area contributed by atoms with E-state index in [1.54, 1.807) is 14.0 Å². The Bertz CT molecular complexity index is 442. The first-order valence-corrected chi connectivity index (χ1v) is 6.15. The zero-order valence-corrected chi connectivity index (χ0v) is 9.29. The Balaban J connectivity index is 2.33. The first-order valence-electron chi connectivity index (χ1n) is 4.71. The van der Waals surface area contributed by atoms with Crippen molar-refractivity contribution in [1.82, 2.24) is 4.90 Å². The standard InChI is InChI=1S/C9H12FNO3S/c1-5-3-8(12)11(2)6-4-7(9(5)6)15(10,13)14/h3,6-7,9H,4H2,1-2H3/t6-,7-,9-/m1/s1. The van der Waals surface area contributed by atoms with Gasteiger partial charge in [0.15, 0.2) is 0 Å². The molecule has 3 atom stereocenters. The Hall–Kier alpha value is -0.910. The fourth-order valence-electron chi connectivity index (χ4n) is 2.43. The van der Waals surface area contributed by atoms with E-state index >= 15 is 0 Å². The Morgan fingerprint density at radius 3 is 2.67 bits per heavy atom. The summed E-state index contributed by atoms with van der Waals surface area (Å²) in [6.07, 6.45) is 1.59. The highest BCUT2D eigenvalue weighted by Crippen LogP contribution is 2.44. The average molecular weight is 233 g/mol. The fourth-order valence-corrected chi connectivity index (χ4v) is 3.60. The topological polar surface area (TPSA) is 54.5 Å². The lowest BCUT2D eigenvalue weighted by Gasteiger charge is -2.49. The summed E-state index contributed by atoms with van der Waals surface area (Å²) in [6, 6.07) is -0.155. The third-order valence-electron chi connectivity index (χ3n) is 3.37. The summed E-state index contributed by atoms with van der Waals surface area (Å²) >= 11 is 0. The monoisotopic (exact) mass is 233 g/mol. The van der Waals surface area contributed by atoms with E-state index in [9.17, 15) is 17.1 Å². The van der Waals surface area contributed by atoms with Crippen molar-refractivity contribution in [3.63, 3.8) is 0 Å². The maximum absolute atomic E-state index is 12.8. The fraction of sp³-hybridized carbons (Fsp3) is 0.667. The van der Waals surface area contributed by atoms with Crippen molar-refractivity contribution in [2.75, 3.05) is 7.05 Å². The molecule has 0 saturated heterocycles. The molecule has 15 heavy (non-hydrogen) atoms. The van der Waals surface area contributed by atoms with Crippen LogP contribution in [0.15, 0.2) is 11.6 Å². The van der Waals surface area contributed by atoms with Gasteiger partial charge in [0.25, 0.3) is 0 Å². The molecule has 4 nitrogen and oxygen atoms in total. The second-order valence-electron chi connectivity index (χ2n) is 4.18. The molecule has 2 aliphatic rings. The molecule has 0 radical (unpaired) electrons. The number of nitrogens with zero attached hydrogens (tertiary/aromatic N) is 1. The van der Waals surface area contributed by atoms with E-state index in [2.05, 4.69) is 0 Å². The van der Waals surface area contributed by atoms with Gasteiger partial charge in [-0.2, -0.15) is 8.42 Å². The summed E-state index contributed by atoms with van der Waals surface area (Å²) in [5, 5.41) is -0.964. The van der Waals surface area contributed by atoms with Crippen LogP contribution in [0.4, 0.5) is 3.89 Å². The highest BCUT2D eigenvalue weighted by Gasteiger charge is 2.53. The first-order chi connectivity index (χ1) is 6.82. The van der Waals surface area contributed by atoms with Crippen molar-refractivity contribution in [1.29, 1.82) is 0 Å². The number of likely N-dealkylation sites (N-methyl/N-ethyl adjacent to an activating group) is 1. The van der Waals surface area contributed by atoms with Gasteiger partial charge in [-0.1, -0.05) is 5.57 Å². The van der Waals surface area contributed by atoms with Crippen LogP contribution in [0.3, 0.4) is 0 Å². The van der Waals surface area contributed by atoms with E-state index < -0.39 is 15.5 Å². The normalized spacial score (nSPS) is 35.7. The highest BCUT2D eigenvalue weighted by molar-refractivity contribution is 7.87. The van der Waals surface area contributed by atoms with Crippen LogP contribution in [0.1, 0.15) is 13.3 Å². The van der Waals surface area contributed by atoms with Gasteiger partial charge in [0, 0.05) is 25.1 Å². The zero-order chi connectivity index (χ0) is 11.4. The van der Waals surface area contributed by atoms with Gasteiger partial charge in [-0.05, 0) is 13.3 Å². The number of hydrogen-bond acceptors (Lipinski definition) is 3. The number of hydrogen-bond donors (Lipinski definition) is 0. The Morgan fingerprint density at radius 2 is 2.13 bits per heavy atom. The van der Waals surface area contributed by atoms with Crippen molar-refractivity contribution < 1.29 is 17.1 Å². The Labute approximate surface area is 88.0 Å². The van der Waals surface area contributed by atoms with Crippen LogP contribution in [-0.2, 0) is 15.0 Å². The quantitative estimate of drug-likeness (QED) is 0.618. The molecule has 0 unspecified atom stereocenters. The van der Waals surface area contributed by atoms with Gasteiger partial charge >= 0.3 is 10.2 Å². The van der Waals surface area contributed by atoms with E-state index in [1.165, 1.54) is 11.0 Å². The molecule has 1 heterocycles. The van der Waals surface area contributed by atoms with Crippen molar-refractivity contribution in [3.05, 3.63) is 11.6 Å². The molecule has 2 rings (SSSR count). The minimum absolute atomic E-state index is 0.136. The third kappa shape index (κ3) is 1.47. The maximum Gasteiger partial charge on any atom is 0.306 e. The molecule has 0 aromatic carbocycles. The number of rotatable bonds is 1. The molecule has 0 aromatic rings. The minimum Gasteiger partial charge on any atom is -0.339 e. The molecule has 1 fully saturated rings. The molecule has 84 valence electrons. The molecule has 1 aliphatic carbocycles. The van der Waals surface area contributed by atoms with Crippen LogP contribution in [0.5, 0.6) is 0 Å². The van der Waals surface area contributed by atoms with Crippen LogP contribution in [0.25, 0.3) is 0 Å². The molecule has 0 spiro atoms. The lowest BCUT2D eigenvalue weighted by Crippen LogP contribution is -2.60. The number of carbonyl (C=O) groups is 1. The van der Waals surface area contributed by atoms with Gasteiger partial charge in [0.2, 0.25) is 5.91 Å². The second-order valence-corrected chi connectivity index (χ2v) is 5.74. The van der Waals surface area contributed by atoms with Crippen LogP contribution in [0.2, 0.25) is 0 Å². The van der Waals surface area contributed by atoms with Gasteiger partial charge in [0.05, 0.1) is 0 Å². The molecule has 1 saturated carbocycles. The van der Waals surface area contributed by atoms with Crippen molar-refractivity contribution in [2.24, 2.45) is 5.92 Å². The summed E-state index contributed by atoms with van der Waals surface area (Å²) < 4.78 is 34.5. The largest absolute Gasteiger partial charge is 0.339 e. The summed E-state index contributed by atoms with van der Waals surface area (Å²) in [5.74, 6) is -0.494. The van der Waals surface area contributed by atoms with Gasteiger partial charge in [-0.3, -0.25) is 4.79 Å². The van der Waals surface area contributed by atoms with E-state index in [0.29, 0.717) is 5.57 Å². The zero-order valence-electron chi connectivity index (χ0n) is 8.47. The van der Waals surface area contributed by atoms with E-state index in [4.69, 9.17) is 0 Å². The lowest BCUT2D eigenvalue weighted by molar-refractivity contribution is -0.130. The number of amides is 1. The van der Waals surface area contributed by atoms with Crippen LogP contribution in [-0.4, -0.2) is 37.6 Å². The van der Waals surface area contributed by atoms with E-state index in [1.807, 2.05) is 0 Å². The first kappa shape index (κ1) is 10.6. The van der Waals surface area contributed by atoms with Crippen LogP contribution >= 0.6 is 0 Å². The van der Waals surface area contributed by atoms with Crippen molar-refractivity contribution >= 4 is 16.1 Å². The van der Waals surface area contributed by atoms with E-state index in [-0.39, 0.29) is 24.3 Å². The van der Waals surface area contributed by atoms with Gasteiger partial charge in [-0.15, -0.1) is 3.89 Å². The predicted molar refractivity (Wildman–Crippen MR) is 52.2 cm³/mol. The van der Waals surface area contributed by atoms with E-state index in [0.717, 1.165) is 0 Å². The summed E-state index contributed by atoms with van der Waals surface area (Å²) in [7, 11) is -2.87. The van der Waals surface area contributed by atoms with Crippen molar-refractivity contribution in [3.8, 4) is 0 Å². The lowest BCUT2D eigenvalue weighted by atomic mass is 9.72. The van der Waals surface area contributed by atoms with Gasteiger partial charge in [-0.25, -0.2) is 0 Å². The molecule has 0 bridgehead atoms. The maximum atomic E-state index is 12.8. The minimum atomic E-state index is -4.49. The van der Waals surface area contributed by atoms with Gasteiger partial charge < -0.3 is 4.90 Å². The third-order valence-corrected chi connectivity index (χ3v) is 4.58. The molecular weight excluding hydrogens is 221 g/mol. The van der Waals surface area contributed by atoms with Gasteiger partial charge in [0.1, 0.15) is 5.25 Å². The van der Waals surface area contributed by atoms with Crippen molar-refractivity contribution in [2.45, 2.75) is 24.6 Å². The highest BCUT2D eigenvalue weighted by atomic mass is 32.3. The second kappa shape index (κ2) is 3.04. The smallest absolute Gasteiger partial charge is 0.306 e. The Kier molecular flexibility index (Phi) is 2.15. The summed E-state index contributed by atoms with van der Waals surface area (Å²) in [5.41, 5.74) is 0.667. The molecule has 0 N–H and O–H groups in total. The SMILES string of the molecule is CC1=CC(=O)N(C)[C@@H]2C[C@@H](S(=O)(=O)F)[C@H]12.